The van der Waals surface area contributed by atoms with Gasteiger partial charge in [0.2, 0.25) is 5.91 Å². The van der Waals surface area contributed by atoms with Gasteiger partial charge in [-0.25, -0.2) is 9.97 Å². The average Bonchev–Trinajstić information content (AvgIpc) is 3.51. The summed E-state index contributed by atoms with van der Waals surface area (Å²) in [5, 5.41) is 3.31. The molecule has 1 aromatic heterocycles. The maximum absolute atomic E-state index is 12.1. The summed E-state index contributed by atoms with van der Waals surface area (Å²) in [5.41, 5.74) is 5.14. The normalized spacial score (nSPS) is 21.1. The minimum atomic E-state index is 0.00951. The second-order valence-corrected chi connectivity index (χ2v) is 9.26. The lowest BCUT2D eigenvalue weighted by Crippen LogP contribution is -2.34. The number of carbonyl (C=O) groups is 1. The number of carbonyl (C=O) groups excluding carboxylic acids is 1. The Bertz CT molecular complexity index is 969. The van der Waals surface area contributed by atoms with E-state index in [1.54, 1.807) is 6.92 Å². The van der Waals surface area contributed by atoms with Crippen LogP contribution in [0.3, 0.4) is 0 Å². The zero-order chi connectivity index (χ0) is 22.1. The van der Waals surface area contributed by atoms with Crippen LogP contribution in [0.2, 0.25) is 0 Å². The summed E-state index contributed by atoms with van der Waals surface area (Å²) in [6.45, 7) is 7.56. The van der Waals surface area contributed by atoms with E-state index >= 15 is 0 Å². The highest BCUT2D eigenvalue weighted by Crippen LogP contribution is 2.34. The monoisotopic (exact) mass is 434 g/mol. The molecule has 0 saturated carbocycles. The lowest BCUT2D eigenvalue weighted by atomic mass is 10.0. The molecule has 0 spiro atoms. The van der Waals surface area contributed by atoms with Crippen molar-refractivity contribution in [3.63, 3.8) is 0 Å². The number of amides is 1. The van der Waals surface area contributed by atoms with Crippen molar-refractivity contribution < 1.29 is 4.79 Å². The van der Waals surface area contributed by atoms with Crippen molar-refractivity contribution in [2.24, 2.45) is 0 Å². The Morgan fingerprint density at radius 2 is 1.91 bits per heavy atom. The van der Waals surface area contributed by atoms with Crippen LogP contribution in [-0.2, 0) is 24.3 Å². The maximum Gasteiger partial charge on any atom is 0.220 e. The summed E-state index contributed by atoms with van der Waals surface area (Å²) >= 11 is 0. The molecule has 1 N–H and O–H groups in total. The summed E-state index contributed by atoms with van der Waals surface area (Å²) in [7, 11) is 1.94. The molecule has 0 bridgehead atoms. The van der Waals surface area contributed by atoms with Crippen LogP contribution in [0.4, 0.5) is 11.5 Å². The highest BCUT2D eigenvalue weighted by atomic mass is 16.2. The maximum atomic E-state index is 12.1. The van der Waals surface area contributed by atoms with Crippen molar-refractivity contribution in [1.82, 2.24) is 19.8 Å². The van der Waals surface area contributed by atoms with Gasteiger partial charge in [-0.15, -0.1) is 0 Å². The van der Waals surface area contributed by atoms with Crippen molar-refractivity contribution in [3.8, 4) is 0 Å². The smallest absolute Gasteiger partial charge is 0.220 e. The van der Waals surface area contributed by atoms with E-state index in [4.69, 9.17) is 9.97 Å². The Balaban J connectivity index is 1.37. The van der Waals surface area contributed by atoms with E-state index in [1.165, 1.54) is 42.7 Å². The van der Waals surface area contributed by atoms with Crippen molar-refractivity contribution in [2.45, 2.75) is 58.2 Å². The highest BCUT2D eigenvalue weighted by Gasteiger charge is 2.32. The first-order valence-electron chi connectivity index (χ1n) is 12.0. The van der Waals surface area contributed by atoms with Gasteiger partial charge in [-0.05, 0) is 37.3 Å². The van der Waals surface area contributed by atoms with Crippen molar-refractivity contribution in [2.75, 3.05) is 43.4 Å². The van der Waals surface area contributed by atoms with E-state index in [2.05, 4.69) is 39.4 Å². The number of hydrogen-bond acceptors (Lipinski definition) is 6. The van der Waals surface area contributed by atoms with Gasteiger partial charge in [0.25, 0.3) is 0 Å². The Morgan fingerprint density at radius 1 is 1.09 bits per heavy atom. The summed E-state index contributed by atoms with van der Waals surface area (Å²) in [4.78, 5) is 28.9. The molecule has 3 aliphatic heterocycles. The Morgan fingerprint density at radius 3 is 2.69 bits per heavy atom. The lowest BCUT2D eigenvalue weighted by Gasteiger charge is -2.32. The van der Waals surface area contributed by atoms with E-state index in [9.17, 15) is 4.79 Å². The zero-order valence-corrected chi connectivity index (χ0v) is 19.3. The van der Waals surface area contributed by atoms with Gasteiger partial charge in [0.1, 0.15) is 5.82 Å². The topological polar surface area (TPSA) is 64.6 Å². The molecule has 170 valence electrons. The SMILES string of the molecule is CNc1nc(C2CCCN2C(C)=O)nc2c1CN(Cc1ccccc1N1CCCC1)CC2. The van der Waals surface area contributed by atoms with Crippen molar-refractivity contribution in [3.05, 3.63) is 46.9 Å². The van der Waals surface area contributed by atoms with Crippen LogP contribution in [0.25, 0.3) is 0 Å². The summed E-state index contributed by atoms with van der Waals surface area (Å²) in [6, 6.07) is 8.87. The third-order valence-electron chi connectivity index (χ3n) is 7.18. The van der Waals surface area contributed by atoms with Gasteiger partial charge < -0.3 is 15.1 Å². The fourth-order valence-electron chi connectivity index (χ4n) is 5.54. The van der Waals surface area contributed by atoms with Gasteiger partial charge in [0.05, 0.1) is 11.7 Å². The van der Waals surface area contributed by atoms with Gasteiger partial charge in [-0.3, -0.25) is 9.69 Å². The first-order valence-corrected chi connectivity index (χ1v) is 12.0. The number of para-hydroxylation sites is 1. The summed E-state index contributed by atoms with van der Waals surface area (Å²) in [5.74, 6) is 1.83. The Kier molecular flexibility index (Phi) is 6.00. The van der Waals surface area contributed by atoms with Gasteiger partial charge in [-0.1, -0.05) is 18.2 Å². The molecular formula is C25H34N6O. The molecule has 1 aromatic carbocycles. The zero-order valence-electron chi connectivity index (χ0n) is 19.3. The van der Waals surface area contributed by atoms with Crippen LogP contribution < -0.4 is 10.2 Å². The van der Waals surface area contributed by atoms with E-state index in [1.807, 2.05) is 11.9 Å². The number of benzene rings is 1. The largest absolute Gasteiger partial charge is 0.373 e. The summed E-state index contributed by atoms with van der Waals surface area (Å²) < 4.78 is 0. The number of aromatic nitrogens is 2. The number of rotatable bonds is 5. The molecule has 0 radical (unpaired) electrons. The predicted octanol–water partition coefficient (Wildman–Crippen LogP) is 3.36. The molecule has 1 amide bonds. The van der Waals surface area contributed by atoms with Crippen molar-refractivity contribution >= 4 is 17.4 Å². The number of likely N-dealkylation sites (tertiary alicyclic amines) is 1. The van der Waals surface area contributed by atoms with Crippen LogP contribution in [0.5, 0.6) is 0 Å². The van der Waals surface area contributed by atoms with E-state index < -0.39 is 0 Å². The molecule has 1 atom stereocenters. The third-order valence-corrected chi connectivity index (χ3v) is 7.18. The minimum absolute atomic E-state index is 0.00951. The van der Waals surface area contributed by atoms with Gasteiger partial charge in [0.15, 0.2) is 5.82 Å². The molecule has 2 fully saturated rings. The molecular weight excluding hydrogens is 400 g/mol. The van der Waals surface area contributed by atoms with Crippen LogP contribution >= 0.6 is 0 Å². The number of anilines is 2. The second kappa shape index (κ2) is 9.06. The quantitative estimate of drug-likeness (QED) is 0.779. The molecule has 7 heteroatoms. The number of fused-ring (bicyclic) bond motifs is 1. The van der Waals surface area contributed by atoms with Gasteiger partial charge in [0, 0.05) is 70.9 Å². The average molecular weight is 435 g/mol. The van der Waals surface area contributed by atoms with Gasteiger partial charge in [-0.2, -0.15) is 0 Å². The van der Waals surface area contributed by atoms with Gasteiger partial charge >= 0.3 is 0 Å². The standard InChI is InChI=1S/C25H34N6O/c1-18(32)31-14-7-10-23(31)25-27-21-11-15-29(17-20(21)24(26-2)28-25)16-19-8-3-4-9-22(19)30-12-5-6-13-30/h3-4,8-9,23H,5-7,10-17H2,1-2H3,(H,26,27,28). The first-order chi connectivity index (χ1) is 15.6. The molecule has 2 saturated heterocycles. The number of hydrogen-bond donors (Lipinski definition) is 1. The molecule has 32 heavy (non-hydrogen) atoms. The summed E-state index contributed by atoms with van der Waals surface area (Å²) in [6.07, 6.45) is 5.46. The lowest BCUT2D eigenvalue weighted by molar-refractivity contribution is -0.129. The highest BCUT2D eigenvalue weighted by molar-refractivity contribution is 5.74. The third kappa shape index (κ3) is 4.06. The molecule has 4 heterocycles. The fraction of sp³-hybridized carbons (Fsp3) is 0.560. The van der Waals surface area contributed by atoms with Crippen molar-refractivity contribution in [1.29, 1.82) is 0 Å². The Labute approximate surface area is 190 Å². The van der Waals surface area contributed by atoms with Crippen LogP contribution in [0.1, 0.15) is 61.3 Å². The molecule has 3 aliphatic rings. The first kappa shape index (κ1) is 21.2. The number of nitrogens with one attached hydrogen (secondary N) is 1. The van der Waals surface area contributed by atoms with Crippen LogP contribution in [0, 0.1) is 0 Å². The number of nitrogens with zero attached hydrogens (tertiary/aromatic N) is 5. The molecule has 5 rings (SSSR count). The molecule has 2 aromatic rings. The second-order valence-electron chi connectivity index (χ2n) is 9.26. The van der Waals surface area contributed by atoms with Crippen LogP contribution in [-0.4, -0.2) is 58.9 Å². The van der Waals surface area contributed by atoms with E-state index in [0.29, 0.717) is 0 Å². The minimum Gasteiger partial charge on any atom is -0.373 e. The molecule has 7 nitrogen and oxygen atoms in total. The molecule has 0 aliphatic carbocycles. The van der Waals surface area contributed by atoms with E-state index in [-0.39, 0.29) is 11.9 Å². The van der Waals surface area contributed by atoms with E-state index in [0.717, 1.165) is 62.8 Å². The predicted molar refractivity (Wildman–Crippen MR) is 127 cm³/mol. The Hall–Kier alpha value is -2.67. The molecule has 1 unspecified atom stereocenters. The fourth-order valence-corrected chi connectivity index (χ4v) is 5.54. The van der Waals surface area contributed by atoms with Crippen LogP contribution in [0.15, 0.2) is 24.3 Å².